The van der Waals surface area contributed by atoms with Crippen LogP contribution in [0.5, 0.6) is 0 Å². The van der Waals surface area contributed by atoms with Gasteiger partial charge in [0, 0.05) is 17.5 Å². The zero-order valence-electron chi connectivity index (χ0n) is 6.08. The van der Waals surface area contributed by atoms with E-state index in [1.807, 2.05) is 24.3 Å². The third kappa shape index (κ3) is 0.917. The molecule has 0 saturated carbocycles. The minimum atomic E-state index is 0.539. The van der Waals surface area contributed by atoms with Gasteiger partial charge in [-0.3, -0.25) is 0 Å². The first kappa shape index (κ1) is 6.43. The van der Waals surface area contributed by atoms with E-state index in [1.165, 1.54) is 0 Å². The van der Waals surface area contributed by atoms with Crippen LogP contribution in [0.3, 0.4) is 0 Å². The lowest BCUT2D eigenvalue weighted by atomic mass is 10.2. The average Bonchev–Trinajstić information content (AvgIpc) is 2.47. The highest BCUT2D eigenvalue weighted by molar-refractivity contribution is 5.80. The van der Waals surface area contributed by atoms with E-state index in [1.54, 1.807) is 6.26 Å². The van der Waals surface area contributed by atoms with Gasteiger partial charge in [-0.05, 0) is 6.07 Å². The third-order valence-electron chi connectivity index (χ3n) is 1.78. The zero-order chi connectivity index (χ0) is 7.68. The minimum absolute atomic E-state index is 0.539. The van der Waals surface area contributed by atoms with E-state index in [9.17, 15) is 0 Å². The summed E-state index contributed by atoms with van der Waals surface area (Å²) in [5, 5.41) is 1.12. The van der Waals surface area contributed by atoms with E-state index in [0.29, 0.717) is 6.54 Å². The zero-order valence-corrected chi connectivity index (χ0v) is 6.08. The van der Waals surface area contributed by atoms with Gasteiger partial charge in [0.05, 0.1) is 6.26 Å². The Morgan fingerprint density at radius 2 is 2.09 bits per heavy atom. The molecule has 2 rings (SSSR count). The summed E-state index contributed by atoms with van der Waals surface area (Å²) in [5.74, 6) is 0. The van der Waals surface area contributed by atoms with E-state index in [-0.39, 0.29) is 0 Å². The lowest BCUT2D eigenvalue weighted by molar-refractivity contribution is 0.610. The van der Waals surface area contributed by atoms with Gasteiger partial charge in [0.1, 0.15) is 5.58 Å². The van der Waals surface area contributed by atoms with Gasteiger partial charge in [-0.2, -0.15) is 0 Å². The first-order chi connectivity index (χ1) is 5.42. The van der Waals surface area contributed by atoms with Crippen molar-refractivity contribution in [2.75, 3.05) is 0 Å². The minimum Gasteiger partial charge on any atom is -0.464 e. The van der Waals surface area contributed by atoms with Gasteiger partial charge in [-0.15, -0.1) is 0 Å². The number of benzene rings is 1. The molecule has 1 heterocycles. The van der Waals surface area contributed by atoms with Crippen molar-refractivity contribution in [3.63, 3.8) is 0 Å². The molecule has 0 saturated heterocycles. The number of para-hydroxylation sites is 1. The molecule has 0 aliphatic heterocycles. The number of hydrogen-bond donors (Lipinski definition) is 1. The number of nitrogens with two attached hydrogens (primary N) is 1. The first-order valence-corrected chi connectivity index (χ1v) is 3.57. The van der Waals surface area contributed by atoms with E-state index >= 15 is 0 Å². The van der Waals surface area contributed by atoms with Crippen LogP contribution < -0.4 is 5.73 Å². The largest absolute Gasteiger partial charge is 0.464 e. The lowest BCUT2D eigenvalue weighted by Crippen LogP contribution is -1.93. The maximum absolute atomic E-state index is 5.50. The van der Waals surface area contributed by atoms with Gasteiger partial charge in [0.2, 0.25) is 0 Å². The van der Waals surface area contributed by atoms with Crippen LogP contribution in [0.1, 0.15) is 5.56 Å². The number of rotatable bonds is 1. The molecule has 0 radical (unpaired) electrons. The number of hydrogen-bond acceptors (Lipinski definition) is 2. The standard InChI is InChI=1S/C9H9NO/c10-5-7-6-11-9-4-2-1-3-8(7)9/h1-4,6H,5,10H2. The Balaban J connectivity index is 2.76. The van der Waals surface area contributed by atoms with Crippen molar-refractivity contribution < 1.29 is 4.42 Å². The number of fused-ring (bicyclic) bond motifs is 1. The van der Waals surface area contributed by atoms with Crippen LogP contribution in [0.15, 0.2) is 34.9 Å². The molecule has 11 heavy (non-hydrogen) atoms. The summed E-state index contributed by atoms with van der Waals surface area (Å²) in [6.07, 6.45) is 1.71. The second-order valence-corrected chi connectivity index (χ2v) is 2.46. The van der Waals surface area contributed by atoms with Gasteiger partial charge >= 0.3 is 0 Å². The predicted octanol–water partition coefficient (Wildman–Crippen LogP) is 1.89. The molecule has 0 atom stereocenters. The van der Waals surface area contributed by atoms with Crippen LogP contribution in [0.2, 0.25) is 0 Å². The van der Waals surface area contributed by atoms with Gasteiger partial charge in [0.15, 0.2) is 0 Å². The second-order valence-electron chi connectivity index (χ2n) is 2.46. The molecule has 0 unspecified atom stereocenters. The molecule has 2 nitrogen and oxygen atoms in total. The van der Waals surface area contributed by atoms with Crippen LogP contribution in [0.4, 0.5) is 0 Å². The quantitative estimate of drug-likeness (QED) is 0.669. The summed E-state index contributed by atoms with van der Waals surface area (Å²) in [5.41, 5.74) is 7.48. The summed E-state index contributed by atoms with van der Waals surface area (Å²) in [6.45, 7) is 0.539. The Hall–Kier alpha value is -1.28. The molecule has 2 N–H and O–H groups in total. The van der Waals surface area contributed by atoms with Crippen LogP contribution in [-0.2, 0) is 6.54 Å². The smallest absolute Gasteiger partial charge is 0.134 e. The highest BCUT2D eigenvalue weighted by Gasteiger charge is 2.00. The molecular weight excluding hydrogens is 138 g/mol. The molecule has 2 heteroatoms. The van der Waals surface area contributed by atoms with Crippen LogP contribution >= 0.6 is 0 Å². The molecule has 1 aromatic heterocycles. The Labute approximate surface area is 64.6 Å². The Bertz CT molecular complexity index is 364. The molecule has 0 fully saturated rings. The molecule has 0 aliphatic carbocycles. The van der Waals surface area contributed by atoms with E-state index in [4.69, 9.17) is 10.2 Å². The van der Waals surface area contributed by atoms with E-state index < -0.39 is 0 Å². The lowest BCUT2D eigenvalue weighted by Gasteiger charge is -1.88. The maximum Gasteiger partial charge on any atom is 0.134 e. The first-order valence-electron chi connectivity index (χ1n) is 3.57. The molecule has 0 amide bonds. The topological polar surface area (TPSA) is 39.2 Å². The summed E-state index contributed by atoms with van der Waals surface area (Å²) in [4.78, 5) is 0. The Kier molecular flexibility index (Phi) is 1.40. The molecule has 0 aliphatic rings. The maximum atomic E-state index is 5.50. The Morgan fingerprint density at radius 1 is 1.27 bits per heavy atom. The molecular formula is C9H9NO. The Morgan fingerprint density at radius 3 is 2.91 bits per heavy atom. The molecule has 0 bridgehead atoms. The monoisotopic (exact) mass is 147 g/mol. The van der Waals surface area contributed by atoms with Crippen molar-refractivity contribution in [2.24, 2.45) is 5.73 Å². The SMILES string of the molecule is NCc1coc2ccccc12. The van der Waals surface area contributed by atoms with Gasteiger partial charge in [-0.25, -0.2) is 0 Å². The summed E-state index contributed by atoms with van der Waals surface area (Å²) < 4.78 is 5.26. The van der Waals surface area contributed by atoms with E-state index in [2.05, 4.69) is 0 Å². The normalized spacial score (nSPS) is 10.6. The summed E-state index contributed by atoms with van der Waals surface area (Å²) in [6, 6.07) is 7.89. The van der Waals surface area contributed by atoms with Crippen LogP contribution in [-0.4, -0.2) is 0 Å². The van der Waals surface area contributed by atoms with Crippen molar-refractivity contribution in [1.29, 1.82) is 0 Å². The van der Waals surface area contributed by atoms with Gasteiger partial charge in [-0.1, -0.05) is 18.2 Å². The highest BCUT2D eigenvalue weighted by Crippen LogP contribution is 2.19. The fourth-order valence-electron chi connectivity index (χ4n) is 1.19. The third-order valence-corrected chi connectivity index (χ3v) is 1.78. The average molecular weight is 147 g/mol. The fraction of sp³-hybridized carbons (Fsp3) is 0.111. The highest BCUT2D eigenvalue weighted by atomic mass is 16.3. The number of furan rings is 1. The summed E-state index contributed by atoms with van der Waals surface area (Å²) in [7, 11) is 0. The van der Waals surface area contributed by atoms with Gasteiger partial charge < -0.3 is 10.2 Å². The predicted molar refractivity (Wildman–Crippen MR) is 44.1 cm³/mol. The fourth-order valence-corrected chi connectivity index (χ4v) is 1.19. The second kappa shape index (κ2) is 2.40. The molecule has 0 spiro atoms. The molecule has 1 aromatic carbocycles. The summed E-state index contributed by atoms with van der Waals surface area (Å²) >= 11 is 0. The van der Waals surface area contributed by atoms with Gasteiger partial charge in [0.25, 0.3) is 0 Å². The van der Waals surface area contributed by atoms with E-state index in [0.717, 1.165) is 16.5 Å². The van der Waals surface area contributed by atoms with Crippen molar-refractivity contribution in [3.8, 4) is 0 Å². The van der Waals surface area contributed by atoms with Crippen molar-refractivity contribution in [2.45, 2.75) is 6.54 Å². The van der Waals surface area contributed by atoms with Crippen molar-refractivity contribution >= 4 is 11.0 Å². The van der Waals surface area contributed by atoms with Crippen molar-refractivity contribution in [1.82, 2.24) is 0 Å². The molecule has 2 aromatic rings. The van der Waals surface area contributed by atoms with Crippen LogP contribution in [0.25, 0.3) is 11.0 Å². The molecule has 56 valence electrons. The van der Waals surface area contributed by atoms with Crippen molar-refractivity contribution in [3.05, 3.63) is 36.1 Å². The van der Waals surface area contributed by atoms with Crippen LogP contribution in [0, 0.1) is 0 Å².